The number of hydrogen-bond donors (Lipinski definition) is 1. The largest absolute Gasteiger partial charge is 0.304 e. The van der Waals surface area contributed by atoms with Crippen molar-refractivity contribution in [3.63, 3.8) is 0 Å². The van der Waals surface area contributed by atoms with Crippen LogP contribution in [0.4, 0.5) is 0 Å². The van der Waals surface area contributed by atoms with E-state index in [1.165, 1.54) is 4.88 Å². The lowest BCUT2D eigenvalue weighted by atomic mass is 10.2. The number of aryl methyl sites for hydroxylation is 1. The second-order valence-electron chi connectivity index (χ2n) is 3.88. The molecule has 2 heterocycles. The number of thiazole rings is 1. The Kier molecular flexibility index (Phi) is 4.10. The molecule has 5 heteroatoms. The molecule has 0 radical (unpaired) electrons. The molecule has 0 fully saturated rings. The smallest absolute Gasteiger partial charge is 0.109 e. The number of pyridine rings is 1. The van der Waals surface area contributed by atoms with Crippen LogP contribution in [0.25, 0.3) is 0 Å². The summed E-state index contributed by atoms with van der Waals surface area (Å²) in [6.45, 7) is 4.89. The second-order valence-corrected chi connectivity index (χ2v) is 5.55. The summed E-state index contributed by atoms with van der Waals surface area (Å²) in [5.41, 5.74) is 1.06. The van der Waals surface area contributed by atoms with Crippen molar-refractivity contribution >= 4 is 22.9 Å². The molecule has 0 aliphatic carbocycles. The van der Waals surface area contributed by atoms with E-state index in [2.05, 4.69) is 29.1 Å². The predicted octanol–water partition coefficient (Wildman–Crippen LogP) is 3.35. The lowest BCUT2D eigenvalue weighted by Crippen LogP contribution is -2.18. The van der Waals surface area contributed by atoms with E-state index < -0.39 is 0 Å². The number of halogens is 1. The van der Waals surface area contributed by atoms with Gasteiger partial charge in [0, 0.05) is 30.0 Å². The molecule has 2 aromatic rings. The van der Waals surface area contributed by atoms with Gasteiger partial charge in [0.2, 0.25) is 0 Å². The SMILES string of the molecule is Cc1cnc(C(C)NCc2ccncc2Cl)s1. The van der Waals surface area contributed by atoms with Gasteiger partial charge in [-0.15, -0.1) is 11.3 Å². The van der Waals surface area contributed by atoms with Gasteiger partial charge in [0.25, 0.3) is 0 Å². The van der Waals surface area contributed by atoms with Crippen LogP contribution in [0.2, 0.25) is 5.02 Å². The average Bonchev–Trinajstić information content (AvgIpc) is 2.74. The zero-order valence-corrected chi connectivity index (χ0v) is 11.3. The summed E-state index contributed by atoms with van der Waals surface area (Å²) in [5.74, 6) is 0. The third kappa shape index (κ3) is 3.25. The number of hydrogen-bond acceptors (Lipinski definition) is 4. The van der Waals surface area contributed by atoms with Crippen LogP contribution in [-0.4, -0.2) is 9.97 Å². The van der Waals surface area contributed by atoms with Crippen LogP contribution in [0.3, 0.4) is 0 Å². The maximum absolute atomic E-state index is 6.04. The van der Waals surface area contributed by atoms with Gasteiger partial charge in [-0.1, -0.05) is 11.6 Å². The Bertz CT molecular complexity index is 498. The van der Waals surface area contributed by atoms with Crippen LogP contribution in [0.15, 0.2) is 24.7 Å². The molecule has 1 N–H and O–H groups in total. The molecule has 0 aliphatic heterocycles. The predicted molar refractivity (Wildman–Crippen MR) is 71.4 cm³/mol. The monoisotopic (exact) mass is 267 g/mol. The van der Waals surface area contributed by atoms with E-state index in [1.54, 1.807) is 23.7 Å². The third-order valence-electron chi connectivity index (χ3n) is 2.46. The first-order valence-electron chi connectivity index (χ1n) is 5.41. The summed E-state index contributed by atoms with van der Waals surface area (Å²) in [6, 6.07) is 2.16. The normalized spacial score (nSPS) is 12.6. The van der Waals surface area contributed by atoms with E-state index >= 15 is 0 Å². The Morgan fingerprint density at radius 2 is 2.29 bits per heavy atom. The Labute approximate surface area is 110 Å². The maximum Gasteiger partial charge on any atom is 0.109 e. The van der Waals surface area contributed by atoms with Gasteiger partial charge >= 0.3 is 0 Å². The molecule has 0 bridgehead atoms. The highest BCUT2D eigenvalue weighted by molar-refractivity contribution is 7.11. The summed E-state index contributed by atoms with van der Waals surface area (Å²) in [4.78, 5) is 9.56. The first kappa shape index (κ1) is 12.5. The van der Waals surface area contributed by atoms with E-state index in [0.29, 0.717) is 5.02 Å². The molecular formula is C12H14ClN3S. The quantitative estimate of drug-likeness (QED) is 0.923. The van der Waals surface area contributed by atoms with Crippen LogP contribution in [0, 0.1) is 6.92 Å². The first-order chi connectivity index (χ1) is 8.16. The average molecular weight is 268 g/mol. The molecule has 17 heavy (non-hydrogen) atoms. The molecule has 0 saturated carbocycles. The highest BCUT2D eigenvalue weighted by Crippen LogP contribution is 2.20. The fourth-order valence-corrected chi connectivity index (χ4v) is 2.46. The fourth-order valence-electron chi connectivity index (χ4n) is 1.47. The van der Waals surface area contributed by atoms with E-state index in [4.69, 9.17) is 11.6 Å². The van der Waals surface area contributed by atoms with E-state index in [9.17, 15) is 0 Å². The molecular weight excluding hydrogens is 254 g/mol. The van der Waals surface area contributed by atoms with Gasteiger partial charge in [0.05, 0.1) is 11.1 Å². The molecule has 0 amide bonds. The molecule has 2 aromatic heterocycles. The molecule has 1 unspecified atom stereocenters. The van der Waals surface area contributed by atoms with E-state index in [1.807, 2.05) is 12.3 Å². The maximum atomic E-state index is 6.04. The minimum Gasteiger partial charge on any atom is -0.304 e. The molecule has 0 aliphatic rings. The molecule has 0 spiro atoms. The van der Waals surface area contributed by atoms with Crippen molar-refractivity contribution in [1.29, 1.82) is 0 Å². The second kappa shape index (κ2) is 5.58. The lowest BCUT2D eigenvalue weighted by Gasteiger charge is -2.11. The number of aromatic nitrogens is 2. The number of rotatable bonds is 4. The summed E-state index contributed by atoms with van der Waals surface area (Å²) in [7, 11) is 0. The highest BCUT2D eigenvalue weighted by Gasteiger charge is 2.09. The van der Waals surface area contributed by atoms with E-state index in [-0.39, 0.29) is 6.04 Å². The summed E-state index contributed by atoms with van der Waals surface area (Å²) < 4.78 is 0. The van der Waals surface area contributed by atoms with Crippen molar-refractivity contribution in [1.82, 2.24) is 15.3 Å². The van der Waals surface area contributed by atoms with Gasteiger partial charge < -0.3 is 5.32 Å². The highest BCUT2D eigenvalue weighted by atomic mass is 35.5. The Morgan fingerprint density at radius 3 is 2.94 bits per heavy atom. The van der Waals surface area contributed by atoms with Gasteiger partial charge in [0.1, 0.15) is 5.01 Å². The minimum absolute atomic E-state index is 0.234. The first-order valence-corrected chi connectivity index (χ1v) is 6.60. The van der Waals surface area contributed by atoms with Gasteiger partial charge in [-0.2, -0.15) is 0 Å². The standard InChI is InChI=1S/C12H14ClN3S/c1-8-5-16-12(17-8)9(2)15-6-10-3-4-14-7-11(10)13/h3-5,7,9,15H,6H2,1-2H3. The van der Waals surface area contributed by atoms with Crippen LogP contribution in [0.1, 0.15) is 28.4 Å². The summed E-state index contributed by atoms with van der Waals surface area (Å²) in [5, 5.41) is 5.21. The zero-order valence-electron chi connectivity index (χ0n) is 9.77. The molecule has 1 atom stereocenters. The number of nitrogens with one attached hydrogen (secondary N) is 1. The Morgan fingerprint density at radius 1 is 1.47 bits per heavy atom. The zero-order chi connectivity index (χ0) is 12.3. The van der Waals surface area contributed by atoms with Crippen LogP contribution >= 0.6 is 22.9 Å². The van der Waals surface area contributed by atoms with Crippen LogP contribution in [-0.2, 0) is 6.54 Å². The molecule has 0 aromatic carbocycles. The van der Waals surface area contributed by atoms with Crippen molar-refractivity contribution < 1.29 is 0 Å². The molecule has 0 saturated heterocycles. The van der Waals surface area contributed by atoms with Gasteiger partial charge in [-0.05, 0) is 25.5 Å². The molecule has 90 valence electrons. The minimum atomic E-state index is 0.234. The Hall–Kier alpha value is -0.970. The Balaban J connectivity index is 1.97. The van der Waals surface area contributed by atoms with E-state index in [0.717, 1.165) is 17.1 Å². The number of nitrogens with zero attached hydrogens (tertiary/aromatic N) is 2. The van der Waals surface area contributed by atoms with Crippen molar-refractivity contribution in [3.05, 3.63) is 45.1 Å². The topological polar surface area (TPSA) is 37.8 Å². The third-order valence-corrected chi connectivity index (χ3v) is 3.90. The van der Waals surface area contributed by atoms with Crippen molar-refractivity contribution in [3.8, 4) is 0 Å². The van der Waals surface area contributed by atoms with Crippen molar-refractivity contribution in [2.45, 2.75) is 26.4 Å². The van der Waals surface area contributed by atoms with Gasteiger partial charge in [0.15, 0.2) is 0 Å². The van der Waals surface area contributed by atoms with Crippen molar-refractivity contribution in [2.75, 3.05) is 0 Å². The van der Waals surface area contributed by atoms with Crippen molar-refractivity contribution in [2.24, 2.45) is 0 Å². The van der Waals surface area contributed by atoms with Crippen LogP contribution in [0.5, 0.6) is 0 Å². The summed E-state index contributed by atoms with van der Waals surface area (Å²) in [6.07, 6.45) is 5.31. The summed E-state index contributed by atoms with van der Waals surface area (Å²) >= 11 is 7.76. The van der Waals surface area contributed by atoms with Crippen LogP contribution < -0.4 is 5.32 Å². The molecule has 3 nitrogen and oxygen atoms in total. The van der Waals surface area contributed by atoms with Gasteiger partial charge in [-0.25, -0.2) is 4.98 Å². The fraction of sp³-hybridized carbons (Fsp3) is 0.333. The lowest BCUT2D eigenvalue weighted by molar-refractivity contribution is 0.571. The van der Waals surface area contributed by atoms with Gasteiger partial charge in [-0.3, -0.25) is 4.98 Å². The molecule has 2 rings (SSSR count).